The summed E-state index contributed by atoms with van der Waals surface area (Å²) in [6, 6.07) is 9.86. The van der Waals surface area contributed by atoms with Crippen LogP contribution in [0.15, 0.2) is 30.3 Å². The summed E-state index contributed by atoms with van der Waals surface area (Å²) in [5, 5.41) is 14.6. The molecule has 0 saturated carbocycles. The largest absolute Gasteiger partial charge is 0.395 e. The number of nitrogens with two attached hydrogens (primary N) is 1. The van der Waals surface area contributed by atoms with Crippen LogP contribution < -0.4 is 10.6 Å². The zero-order valence-corrected chi connectivity index (χ0v) is 24.0. The van der Waals surface area contributed by atoms with Crippen LogP contribution in [0.5, 0.6) is 0 Å². The van der Waals surface area contributed by atoms with E-state index in [-0.39, 0.29) is 36.8 Å². The molecule has 2 atom stereocenters. The van der Waals surface area contributed by atoms with Crippen LogP contribution in [0.3, 0.4) is 0 Å². The second kappa shape index (κ2) is 12.5. The Balaban J connectivity index is 1.55. The number of hydrogen-bond acceptors (Lipinski definition) is 8. The van der Waals surface area contributed by atoms with E-state index in [0.717, 1.165) is 11.1 Å². The van der Waals surface area contributed by atoms with Crippen LogP contribution >= 0.6 is 0 Å². The second-order valence-corrected chi connectivity index (χ2v) is 11.5. The average molecular weight is 555 g/mol. The van der Waals surface area contributed by atoms with Crippen LogP contribution in [0.2, 0.25) is 0 Å². The zero-order chi connectivity index (χ0) is 29.0. The predicted molar refractivity (Wildman–Crippen MR) is 151 cm³/mol. The Bertz CT molecular complexity index is 1200. The fourth-order valence-corrected chi connectivity index (χ4v) is 5.23. The van der Waals surface area contributed by atoms with Crippen molar-refractivity contribution in [2.45, 2.75) is 46.2 Å². The molecule has 0 aliphatic carbocycles. The van der Waals surface area contributed by atoms with Crippen molar-refractivity contribution in [3.8, 4) is 0 Å². The molecule has 2 fully saturated rings. The maximum atomic E-state index is 13.5. The molecule has 2 amide bonds. The number of aromatic nitrogens is 2. The van der Waals surface area contributed by atoms with Gasteiger partial charge in [0, 0.05) is 57.7 Å². The average Bonchev–Trinajstić information content (AvgIpc) is 3.41. The van der Waals surface area contributed by atoms with Crippen molar-refractivity contribution >= 4 is 23.5 Å². The first-order valence-electron chi connectivity index (χ1n) is 13.9. The summed E-state index contributed by atoms with van der Waals surface area (Å²) in [5.41, 5.74) is 7.43. The molecule has 0 radical (unpaired) electrons. The number of carbonyl (C=O) groups is 3. The highest BCUT2D eigenvalue weighted by Crippen LogP contribution is 2.35. The molecule has 11 heteroatoms. The van der Waals surface area contributed by atoms with Crippen LogP contribution in [-0.4, -0.2) is 95.5 Å². The molecule has 3 heterocycles. The summed E-state index contributed by atoms with van der Waals surface area (Å²) in [5.74, 6) is -0.499. The van der Waals surface area contributed by atoms with Crippen molar-refractivity contribution in [2.24, 2.45) is 17.1 Å². The van der Waals surface area contributed by atoms with Gasteiger partial charge in [-0.25, -0.2) is 0 Å². The first kappa shape index (κ1) is 29.7. The van der Waals surface area contributed by atoms with Gasteiger partial charge in [0.2, 0.25) is 11.8 Å². The minimum atomic E-state index is -1.04. The highest BCUT2D eigenvalue weighted by atomic mass is 16.5. The van der Waals surface area contributed by atoms with Crippen molar-refractivity contribution in [3.05, 3.63) is 47.2 Å². The number of anilines is 1. The summed E-state index contributed by atoms with van der Waals surface area (Å²) < 4.78 is 6.69. The number of morpholine rings is 1. The molecular weight excluding hydrogens is 512 g/mol. The topological polar surface area (TPSA) is 134 Å². The second-order valence-electron chi connectivity index (χ2n) is 11.5. The molecule has 0 spiro atoms. The fraction of sp³-hybridized carbons (Fsp3) is 0.586. The van der Waals surface area contributed by atoms with Gasteiger partial charge in [-0.05, 0) is 31.4 Å². The van der Waals surface area contributed by atoms with Crippen molar-refractivity contribution < 1.29 is 24.2 Å². The van der Waals surface area contributed by atoms with Gasteiger partial charge < -0.3 is 30.3 Å². The number of carbonyl (C=O) groups excluding carboxylic acids is 3. The fourth-order valence-electron chi connectivity index (χ4n) is 5.23. The summed E-state index contributed by atoms with van der Waals surface area (Å²) >= 11 is 0. The highest BCUT2D eigenvalue weighted by molar-refractivity contribution is 5.88. The Morgan fingerprint density at radius 2 is 1.80 bits per heavy atom. The maximum absolute atomic E-state index is 13.5. The molecule has 2 saturated heterocycles. The lowest BCUT2D eigenvalue weighted by atomic mass is 9.83. The number of hydrogen-bond donors (Lipinski definition) is 2. The minimum Gasteiger partial charge on any atom is -0.395 e. The number of ether oxygens (including phenoxy) is 1. The molecule has 2 aromatic rings. The third-order valence-corrected chi connectivity index (χ3v) is 8.03. The Hall–Kier alpha value is -3.28. The number of benzene rings is 1. The van der Waals surface area contributed by atoms with Gasteiger partial charge in [-0.2, -0.15) is 9.78 Å². The molecule has 218 valence electrons. The van der Waals surface area contributed by atoms with Gasteiger partial charge in [-0.1, -0.05) is 31.2 Å². The minimum absolute atomic E-state index is 0.0600. The van der Waals surface area contributed by atoms with Crippen LogP contribution in [0, 0.1) is 11.3 Å². The summed E-state index contributed by atoms with van der Waals surface area (Å²) in [4.78, 5) is 45.0. The highest BCUT2D eigenvalue weighted by Gasteiger charge is 2.39. The van der Waals surface area contributed by atoms with E-state index in [9.17, 15) is 19.5 Å². The summed E-state index contributed by atoms with van der Waals surface area (Å²) in [6.45, 7) is 8.51. The van der Waals surface area contributed by atoms with Crippen LogP contribution in [0.1, 0.15) is 54.7 Å². The molecule has 1 aromatic carbocycles. The van der Waals surface area contributed by atoms with Gasteiger partial charge in [-0.3, -0.25) is 14.4 Å². The van der Waals surface area contributed by atoms with E-state index < -0.39 is 11.3 Å². The SMILES string of the molecule is CC1C(=O)N(CC(=O)N2CCOCC2)CCC1c1cc(N(C)Cc2ccc(CN)cc2)n(C(=O)C(C)(C)CO)n1. The number of amides is 2. The van der Waals surface area contributed by atoms with E-state index in [1.807, 2.05) is 49.2 Å². The van der Waals surface area contributed by atoms with Gasteiger partial charge in [0.15, 0.2) is 0 Å². The first-order chi connectivity index (χ1) is 19.1. The Morgan fingerprint density at radius 1 is 1.15 bits per heavy atom. The quantitative estimate of drug-likeness (QED) is 0.476. The lowest BCUT2D eigenvalue weighted by Gasteiger charge is -2.36. The number of piperidine rings is 1. The van der Waals surface area contributed by atoms with E-state index in [0.29, 0.717) is 63.9 Å². The van der Waals surface area contributed by atoms with Crippen LogP contribution in [-0.2, 0) is 27.4 Å². The summed E-state index contributed by atoms with van der Waals surface area (Å²) in [6.07, 6.45) is 0.627. The number of rotatable bonds is 9. The van der Waals surface area contributed by atoms with Crippen molar-refractivity contribution in [1.82, 2.24) is 19.6 Å². The van der Waals surface area contributed by atoms with Crippen molar-refractivity contribution in [3.63, 3.8) is 0 Å². The summed E-state index contributed by atoms with van der Waals surface area (Å²) in [7, 11) is 1.89. The smallest absolute Gasteiger partial charge is 0.256 e. The van der Waals surface area contributed by atoms with Gasteiger partial charge in [0.1, 0.15) is 5.82 Å². The monoisotopic (exact) mass is 554 g/mol. The van der Waals surface area contributed by atoms with Crippen LogP contribution in [0.25, 0.3) is 0 Å². The number of nitrogens with zero attached hydrogens (tertiary/aromatic N) is 5. The Morgan fingerprint density at radius 3 is 2.42 bits per heavy atom. The lowest BCUT2D eigenvalue weighted by molar-refractivity contribution is -0.147. The molecular formula is C29H42N6O5. The standard InChI is InChI=1S/C29H42N6O5/c1-20-23(9-10-34(27(20)38)18-26(37)33-11-13-40-14-12-33)24-15-25(35(31-24)28(39)29(2,3)19-36)32(4)17-22-7-5-21(16-30)6-8-22/h5-8,15,20,23,36H,9-14,16-19,30H2,1-4H3. The number of aliphatic hydroxyl groups is 1. The third-order valence-electron chi connectivity index (χ3n) is 8.03. The van der Waals surface area contributed by atoms with Crippen molar-refractivity contribution in [1.29, 1.82) is 0 Å². The van der Waals surface area contributed by atoms with Gasteiger partial charge >= 0.3 is 0 Å². The van der Waals surface area contributed by atoms with E-state index in [1.165, 1.54) is 4.68 Å². The van der Waals surface area contributed by atoms with E-state index in [4.69, 9.17) is 15.6 Å². The zero-order valence-electron chi connectivity index (χ0n) is 24.0. The van der Waals surface area contributed by atoms with Gasteiger partial charge in [0.05, 0.1) is 37.5 Å². The molecule has 2 aliphatic heterocycles. The number of aliphatic hydroxyl groups excluding tert-OH is 1. The molecule has 2 unspecified atom stereocenters. The lowest BCUT2D eigenvalue weighted by Crippen LogP contribution is -2.50. The molecule has 1 aromatic heterocycles. The molecule has 11 nitrogen and oxygen atoms in total. The Labute approximate surface area is 235 Å². The maximum Gasteiger partial charge on any atom is 0.256 e. The molecule has 3 N–H and O–H groups in total. The third kappa shape index (κ3) is 6.37. The first-order valence-corrected chi connectivity index (χ1v) is 13.9. The van der Waals surface area contributed by atoms with E-state index >= 15 is 0 Å². The van der Waals surface area contributed by atoms with E-state index in [1.54, 1.807) is 23.6 Å². The van der Waals surface area contributed by atoms with Gasteiger partial charge in [0.25, 0.3) is 5.91 Å². The molecule has 4 rings (SSSR count). The molecule has 40 heavy (non-hydrogen) atoms. The Kier molecular flexibility index (Phi) is 9.27. The van der Waals surface area contributed by atoms with Gasteiger partial charge in [-0.15, -0.1) is 0 Å². The predicted octanol–water partition coefficient (Wildman–Crippen LogP) is 1.45. The van der Waals surface area contributed by atoms with E-state index in [2.05, 4.69) is 0 Å². The normalized spacial score (nSPS) is 20.1. The molecule has 0 bridgehead atoms. The van der Waals surface area contributed by atoms with Crippen molar-refractivity contribution in [2.75, 3.05) is 57.9 Å². The molecule has 2 aliphatic rings. The van der Waals surface area contributed by atoms with Crippen LogP contribution in [0.4, 0.5) is 5.82 Å². The number of likely N-dealkylation sites (tertiary alicyclic amines) is 1.